The van der Waals surface area contributed by atoms with Crippen molar-refractivity contribution < 1.29 is 14.3 Å². The van der Waals surface area contributed by atoms with E-state index in [4.69, 9.17) is 4.74 Å². The van der Waals surface area contributed by atoms with Crippen molar-refractivity contribution in [3.63, 3.8) is 0 Å². The van der Waals surface area contributed by atoms with Gasteiger partial charge in [0.05, 0.1) is 12.3 Å². The summed E-state index contributed by atoms with van der Waals surface area (Å²) < 4.78 is 6.81. The molecule has 1 atom stereocenters. The Balaban J connectivity index is 1.84. The van der Waals surface area contributed by atoms with Crippen LogP contribution < -0.4 is 5.32 Å². The highest BCUT2D eigenvalue weighted by molar-refractivity contribution is 5.92. The Morgan fingerprint density at radius 1 is 1.48 bits per heavy atom. The van der Waals surface area contributed by atoms with Gasteiger partial charge in [-0.05, 0) is 32.3 Å². The summed E-state index contributed by atoms with van der Waals surface area (Å²) in [5.41, 5.74) is 1.47. The highest BCUT2D eigenvalue weighted by atomic mass is 16.5. The van der Waals surface area contributed by atoms with E-state index in [1.54, 1.807) is 36.9 Å². The Labute approximate surface area is 149 Å². The molecular formula is C18H30N4O3. The molecule has 0 spiro atoms. The van der Waals surface area contributed by atoms with Crippen LogP contribution in [0.15, 0.2) is 6.07 Å². The molecule has 0 aliphatic heterocycles. The average Bonchev–Trinajstić information content (AvgIpc) is 3.18. The normalized spacial score (nSPS) is 16.4. The Morgan fingerprint density at radius 3 is 2.68 bits per heavy atom. The molecule has 1 saturated carbocycles. The molecule has 2 rings (SSSR count). The largest absolute Gasteiger partial charge is 0.384 e. The fraction of sp³-hybridized carbons (Fsp3) is 0.722. The number of rotatable bonds is 9. The predicted molar refractivity (Wildman–Crippen MR) is 95.3 cm³/mol. The number of hydrogen-bond donors (Lipinski definition) is 1. The van der Waals surface area contributed by atoms with Crippen molar-refractivity contribution in [1.82, 2.24) is 20.0 Å². The lowest BCUT2D eigenvalue weighted by Gasteiger charge is -2.24. The van der Waals surface area contributed by atoms with Crippen LogP contribution in [0.1, 0.15) is 49.3 Å². The number of carbonyl (C=O) groups is 2. The molecule has 0 saturated heterocycles. The van der Waals surface area contributed by atoms with E-state index >= 15 is 0 Å². The lowest BCUT2D eigenvalue weighted by molar-refractivity contribution is -0.132. The second kappa shape index (κ2) is 7.99. The van der Waals surface area contributed by atoms with Gasteiger partial charge >= 0.3 is 0 Å². The summed E-state index contributed by atoms with van der Waals surface area (Å²) in [7, 11) is 5.22. The summed E-state index contributed by atoms with van der Waals surface area (Å²) in [6.45, 7) is 5.02. The number of ether oxygens (including phenoxy) is 1. The minimum absolute atomic E-state index is 0.0395. The smallest absolute Gasteiger partial charge is 0.269 e. The average molecular weight is 350 g/mol. The highest BCUT2D eigenvalue weighted by Gasteiger charge is 2.44. The summed E-state index contributed by atoms with van der Waals surface area (Å²) in [5, 5.41) is 7.24. The molecule has 0 radical (unpaired) electrons. The molecule has 1 heterocycles. The minimum Gasteiger partial charge on any atom is -0.384 e. The molecule has 1 aromatic rings. The molecule has 1 aliphatic carbocycles. The van der Waals surface area contributed by atoms with Crippen LogP contribution in [0, 0.1) is 5.41 Å². The summed E-state index contributed by atoms with van der Waals surface area (Å²) in [6.07, 6.45) is 3.40. The number of amides is 2. The van der Waals surface area contributed by atoms with Crippen molar-refractivity contribution in [2.45, 2.75) is 45.6 Å². The minimum atomic E-state index is -0.166. The first-order valence-electron chi connectivity index (χ1n) is 8.87. The van der Waals surface area contributed by atoms with E-state index in [9.17, 15) is 9.59 Å². The van der Waals surface area contributed by atoms with Gasteiger partial charge < -0.3 is 15.0 Å². The lowest BCUT2D eigenvalue weighted by Crippen LogP contribution is -2.43. The first-order valence-corrected chi connectivity index (χ1v) is 8.87. The van der Waals surface area contributed by atoms with Crippen LogP contribution >= 0.6 is 0 Å². The number of aryl methyl sites for hydroxylation is 2. The third-order valence-electron chi connectivity index (χ3n) is 4.81. The van der Waals surface area contributed by atoms with Crippen LogP contribution in [0.2, 0.25) is 0 Å². The monoisotopic (exact) mass is 350 g/mol. The molecule has 1 fully saturated rings. The Kier molecular flexibility index (Phi) is 6.21. The number of nitrogens with zero attached hydrogens (tertiary/aromatic N) is 3. The van der Waals surface area contributed by atoms with Gasteiger partial charge in [-0.15, -0.1) is 0 Å². The van der Waals surface area contributed by atoms with Crippen LogP contribution in [-0.2, 0) is 23.0 Å². The van der Waals surface area contributed by atoms with E-state index in [2.05, 4.69) is 10.4 Å². The van der Waals surface area contributed by atoms with Gasteiger partial charge in [-0.3, -0.25) is 14.3 Å². The maximum atomic E-state index is 12.4. The standard InChI is InChI=1S/C18H30N4O3/c1-6-14-9-15(22(4)20-14)17(24)19-13(2)11-21(3)16(23)10-18(7-8-18)12-25-5/h9,13H,6-8,10-12H2,1-5H3,(H,19,24). The number of nitrogens with one attached hydrogen (secondary N) is 1. The quantitative estimate of drug-likeness (QED) is 0.730. The fourth-order valence-electron chi connectivity index (χ4n) is 3.08. The van der Waals surface area contributed by atoms with Crippen molar-refractivity contribution in [3.05, 3.63) is 17.5 Å². The molecule has 1 aromatic heterocycles. The van der Waals surface area contributed by atoms with Gasteiger partial charge in [0.25, 0.3) is 5.91 Å². The SMILES string of the molecule is CCc1cc(C(=O)NC(C)CN(C)C(=O)CC2(COC)CC2)n(C)n1. The number of carbonyl (C=O) groups excluding carboxylic acids is 2. The van der Waals surface area contributed by atoms with Gasteiger partial charge in [-0.1, -0.05) is 6.92 Å². The second-order valence-corrected chi connectivity index (χ2v) is 7.26. The van der Waals surface area contributed by atoms with Gasteiger partial charge in [-0.25, -0.2) is 0 Å². The Hall–Kier alpha value is -1.89. The number of aromatic nitrogens is 2. The van der Waals surface area contributed by atoms with Crippen LogP contribution in [0.25, 0.3) is 0 Å². The van der Waals surface area contributed by atoms with Crippen LogP contribution in [-0.4, -0.2) is 59.8 Å². The van der Waals surface area contributed by atoms with Crippen molar-refractivity contribution in [3.8, 4) is 0 Å². The zero-order chi connectivity index (χ0) is 18.6. The van der Waals surface area contributed by atoms with Gasteiger partial charge in [0.2, 0.25) is 5.91 Å². The first kappa shape index (κ1) is 19.4. The summed E-state index contributed by atoms with van der Waals surface area (Å²) in [4.78, 5) is 26.5. The number of methoxy groups -OCH3 is 1. The van der Waals surface area contributed by atoms with Gasteiger partial charge in [0, 0.05) is 45.6 Å². The zero-order valence-corrected chi connectivity index (χ0v) is 16.0. The molecule has 0 bridgehead atoms. The van der Waals surface area contributed by atoms with E-state index in [0.717, 1.165) is 25.0 Å². The zero-order valence-electron chi connectivity index (χ0n) is 16.0. The van der Waals surface area contributed by atoms with Gasteiger partial charge in [0.15, 0.2) is 0 Å². The third-order valence-corrected chi connectivity index (χ3v) is 4.81. The molecule has 1 unspecified atom stereocenters. The second-order valence-electron chi connectivity index (χ2n) is 7.26. The third kappa shape index (κ3) is 5.04. The number of hydrogen-bond acceptors (Lipinski definition) is 4. The van der Waals surface area contributed by atoms with Crippen molar-refractivity contribution in [2.24, 2.45) is 12.5 Å². The summed E-state index contributed by atoms with van der Waals surface area (Å²) in [6, 6.07) is 1.66. The van der Waals surface area contributed by atoms with E-state index in [0.29, 0.717) is 25.3 Å². The number of likely N-dealkylation sites (N-methyl/N-ethyl adjacent to an activating group) is 1. The lowest BCUT2D eigenvalue weighted by atomic mass is 10.0. The highest BCUT2D eigenvalue weighted by Crippen LogP contribution is 2.49. The molecule has 140 valence electrons. The maximum absolute atomic E-state index is 12.4. The van der Waals surface area contributed by atoms with Crippen molar-refractivity contribution in [1.29, 1.82) is 0 Å². The molecule has 1 N–H and O–H groups in total. The molecule has 7 nitrogen and oxygen atoms in total. The van der Waals surface area contributed by atoms with Crippen LogP contribution in [0.5, 0.6) is 0 Å². The molecule has 7 heteroatoms. The van der Waals surface area contributed by atoms with E-state index < -0.39 is 0 Å². The first-order chi connectivity index (χ1) is 11.8. The van der Waals surface area contributed by atoms with E-state index in [-0.39, 0.29) is 23.3 Å². The van der Waals surface area contributed by atoms with E-state index in [1.165, 1.54) is 0 Å². The summed E-state index contributed by atoms with van der Waals surface area (Å²) in [5.74, 6) is -0.0643. The fourth-order valence-corrected chi connectivity index (χ4v) is 3.08. The van der Waals surface area contributed by atoms with Crippen molar-refractivity contribution in [2.75, 3.05) is 27.3 Å². The van der Waals surface area contributed by atoms with Gasteiger partial charge in [-0.2, -0.15) is 5.10 Å². The topological polar surface area (TPSA) is 76.5 Å². The molecule has 25 heavy (non-hydrogen) atoms. The molecule has 2 amide bonds. The van der Waals surface area contributed by atoms with Crippen molar-refractivity contribution >= 4 is 11.8 Å². The van der Waals surface area contributed by atoms with Crippen LogP contribution in [0.4, 0.5) is 0 Å². The predicted octanol–water partition coefficient (Wildman–Crippen LogP) is 1.38. The van der Waals surface area contributed by atoms with Crippen LogP contribution in [0.3, 0.4) is 0 Å². The summed E-state index contributed by atoms with van der Waals surface area (Å²) >= 11 is 0. The Bertz CT molecular complexity index is 622. The Morgan fingerprint density at radius 2 is 2.16 bits per heavy atom. The molecular weight excluding hydrogens is 320 g/mol. The van der Waals surface area contributed by atoms with Gasteiger partial charge in [0.1, 0.15) is 5.69 Å². The van der Waals surface area contributed by atoms with E-state index in [1.807, 2.05) is 13.8 Å². The molecule has 0 aromatic carbocycles. The maximum Gasteiger partial charge on any atom is 0.269 e. The molecule has 1 aliphatic rings.